The lowest BCUT2D eigenvalue weighted by atomic mass is 9.73. The largest absolute Gasteiger partial charge is 0.378 e. The molecule has 3 amide bonds. The number of hydrogen-bond donors (Lipinski definition) is 2. The number of likely N-dealkylation sites (tertiary alicyclic amines) is 2. The summed E-state index contributed by atoms with van der Waals surface area (Å²) in [6.07, 6.45) is 4.96. The van der Waals surface area contributed by atoms with E-state index in [0.717, 1.165) is 64.1 Å². The van der Waals surface area contributed by atoms with E-state index < -0.39 is 0 Å². The highest BCUT2D eigenvalue weighted by Gasteiger charge is 2.44. The molecule has 1 saturated carbocycles. The summed E-state index contributed by atoms with van der Waals surface area (Å²) in [7, 11) is 0. The standard InChI is InChI=1S/C31H48N6O4/c1-31(2,3)34-28(38)21-35-12-10-22(11-13-35)18-32-29(39)24-7-4-6-23-19-37(20-25(23)24)30(40)26-8-5-9-27(33-26)36-14-16-41-17-15-36/h5,8-9,22-25H,4,6-7,10-21H2,1-3H3,(H,32,39)(H,34,38)/t23-,24+,25-/m1/s1. The average Bonchev–Trinajstić information content (AvgIpc) is 3.40. The van der Waals surface area contributed by atoms with Crippen LogP contribution in [0.1, 0.15) is 63.4 Å². The van der Waals surface area contributed by atoms with Gasteiger partial charge in [0, 0.05) is 44.2 Å². The molecule has 226 valence electrons. The Morgan fingerprint density at radius 2 is 1.76 bits per heavy atom. The quantitative estimate of drug-likeness (QED) is 0.519. The number of amides is 3. The molecule has 3 atom stereocenters. The third kappa shape index (κ3) is 7.77. The van der Waals surface area contributed by atoms with E-state index in [2.05, 4.69) is 20.4 Å². The Bertz CT molecular complexity index is 1080. The van der Waals surface area contributed by atoms with Crippen LogP contribution in [0.4, 0.5) is 5.82 Å². The molecule has 0 spiro atoms. The molecule has 4 fully saturated rings. The normalized spacial score (nSPS) is 26.0. The third-order valence-electron chi connectivity index (χ3n) is 9.16. The molecule has 10 nitrogen and oxygen atoms in total. The minimum atomic E-state index is -0.216. The summed E-state index contributed by atoms with van der Waals surface area (Å²) in [6, 6.07) is 5.68. The maximum Gasteiger partial charge on any atom is 0.272 e. The third-order valence-corrected chi connectivity index (χ3v) is 9.16. The number of nitrogens with one attached hydrogen (secondary N) is 2. The van der Waals surface area contributed by atoms with Crippen molar-refractivity contribution in [2.75, 3.05) is 70.5 Å². The highest BCUT2D eigenvalue weighted by molar-refractivity contribution is 5.93. The first-order valence-corrected chi connectivity index (χ1v) is 15.6. The Kier molecular flexibility index (Phi) is 9.49. The Labute approximate surface area is 244 Å². The van der Waals surface area contributed by atoms with Gasteiger partial charge in [-0.1, -0.05) is 12.5 Å². The van der Waals surface area contributed by atoms with E-state index in [4.69, 9.17) is 9.72 Å². The van der Waals surface area contributed by atoms with Crippen LogP contribution in [0.15, 0.2) is 18.2 Å². The van der Waals surface area contributed by atoms with Gasteiger partial charge in [-0.25, -0.2) is 4.98 Å². The SMILES string of the molecule is CC(C)(C)NC(=O)CN1CCC(CNC(=O)[C@H]2CCC[C@@H]3CN(C(=O)c4cccc(N5CCOCC5)n4)C[C@H]32)CC1. The summed E-state index contributed by atoms with van der Waals surface area (Å²) in [5.74, 6) is 1.98. The molecule has 1 aromatic rings. The van der Waals surface area contributed by atoms with Crippen molar-refractivity contribution in [3.63, 3.8) is 0 Å². The van der Waals surface area contributed by atoms with Crippen molar-refractivity contribution >= 4 is 23.5 Å². The number of fused-ring (bicyclic) bond motifs is 1. The first kappa shape index (κ1) is 29.8. The number of anilines is 1. The smallest absolute Gasteiger partial charge is 0.272 e. The summed E-state index contributed by atoms with van der Waals surface area (Å²) in [5.41, 5.74) is 0.266. The molecule has 3 aliphatic heterocycles. The topological polar surface area (TPSA) is 107 Å². The van der Waals surface area contributed by atoms with Crippen molar-refractivity contribution in [2.45, 2.75) is 58.4 Å². The van der Waals surface area contributed by atoms with E-state index in [9.17, 15) is 14.4 Å². The monoisotopic (exact) mass is 568 g/mol. The van der Waals surface area contributed by atoms with Crippen molar-refractivity contribution in [3.05, 3.63) is 23.9 Å². The van der Waals surface area contributed by atoms with Gasteiger partial charge in [0.25, 0.3) is 5.91 Å². The van der Waals surface area contributed by atoms with Gasteiger partial charge in [-0.3, -0.25) is 19.3 Å². The number of aromatic nitrogens is 1. The van der Waals surface area contributed by atoms with Crippen LogP contribution in [0.25, 0.3) is 0 Å². The Balaban J connectivity index is 1.10. The number of ether oxygens (including phenoxy) is 1. The number of hydrogen-bond acceptors (Lipinski definition) is 7. The second-order valence-corrected chi connectivity index (χ2v) is 13.4. The number of carbonyl (C=O) groups excluding carboxylic acids is 3. The van der Waals surface area contributed by atoms with Gasteiger partial charge in [0.1, 0.15) is 11.5 Å². The fraction of sp³-hybridized carbons (Fsp3) is 0.742. The molecule has 10 heteroatoms. The number of piperidine rings is 1. The van der Waals surface area contributed by atoms with Crippen LogP contribution in [-0.4, -0.2) is 104 Å². The summed E-state index contributed by atoms with van der Waals surface area (Å²) in [4.78, 5) is 50.2. The van der Waals surface area contributed by atoms with Crippen molar-refractivity contribution < 1.29 is 19.1 Å². The Hall–Kier alpha value is -2.72. The molecular weight excluding hydrogens is 520 g/mol. The Morgan fingerprint density at radius 1 is 1.00 bits per heavy atom. The molecule has 1 aliphatic carbocycles. The molecule has 5 rings (SSSR count). The van der Waals surface area contributed by atoms with Crippen LogP contribution in [-0.2, 0) is 14.3 Å². The number of nitrogens with zero attached hydrogens (tertiary/aromatic N) is 4. The van der Waals surface area contributed by atoms with E-state index in [1.165, 1.54) is 0 Å². The molecule has 3 saturated heterocycles. The van der Waals surface area contributed by atoms with Gasteiger partial charge in [0.2, 0.25) is 11.8 Å². The molecule has 4 heterocycles. The maximum absolute atomic E-state index is 13.5. The van der Waals surface area contributed by atoms with E-state index in [1.54, 1.807) is 6.07 Å². The molecule has 1 aromatic heterocycles. The molecule has 2 N–H and O–H groups in total. The van der Waals surface area contributed by atoms with Gasteiger partial charge in [-0.15, -0.1) is 0 Å². The summed E-state index contributed by atoms with van der Waals surface area (Å²) >= 11 is 0. The summed E-state index contributed by atoms with van der Waals surface area (Å²) in [5, 5.41) is 6.31. The highest BCUT2D eigenvalue weighted by atomic mass is 16.5. The van der Waals surface area contributed by atoms with Crippen LogP contribution in [0, 0.1) is 23.7 Å². The molecule has 4 aliphatic rings. The van der Waals surface area contributed by atoms with Crippen LogP contribution >= 0.6 is 0 Å². The van der Waals surface area contributed by atoms with Gasteiger partial charge in [-0.2, -0.15) is 0 Å². The van der Waals surface area contributed by atoms with Gasteiger partial charge < -0.3 is 25.2 Å². The lowest BCUT2D eigenvalue weighted by Crippen LogP contribution is -2.48. The van der Waals surface area contributed by atoms with Gasteiger partial charge in [0.05, 0.1) is 19.8 Å². The minimum absolute atomic E-state index is 0.0309. The molecular formula is C31H48N6O4. The number of morpholine rings is 1. The average molecular weight is 569 g/mol. The fourth-order valence-electron chi connectivity index (χ4n) is 7.02. The van der Waals surface area contributed by atoms with Crippen molar-refractivity contribution in [2.24, 2.45) is 23.7 Å². The molecule has 0 aromatic carbocycles. The van der Waals surface area contributed by atoms with Crippen LogP contribution in [0.2, 0.25) is 0 Å². The first-order valence-electron chi connectivity index (χ1n) is 15.6. The zero-order chi connectivity index (χ0) is 29.0. The second kappa shape index (κ2) is 13.1. The van der Waals surface area contributed by atoms with Gasteiger partial charge >= 0.3 is 0 Å². The van der Waals surface area contributed by atoms with Gasteiger partial charge in [-0.05, 0) is 89.4 Å². The molecule has 0 unspecified atom stereocenters. The molecule has 41 heavy (non-hydrogen) atoms. The predicted octanol–water partition coefficient (Wildman–Crippen LogP) is 2.15. The Morgan fingerprint density at radius 3 is 2.49 bits per heavy atom. The first-order chi connectivity index (χ1) is 19.7. The summed E-state index contributed by atoms with van der Waals surface area (Å²) < 4.78 is 5.45. The molecule has 0 radical (unpaired) electrons. The zero-order valence-corrected chi connectivity index (χ0v) is 25.1. The van der Waals surface area contributed by atoms with Crippen LogP contribution < -0.4 is 15.5 Å². The lowest BCUT2D eigenvalue weighted by molar-refractivity contribution is -0.128. The summed E-state index contributed by atoms with van der Waals surface area (Å²) in [6.45, 7) is 13.1. The maximum atomic E-state index is 13.5. The van der Waals surface area contributed by atoms with E-state index in [0.29, 0.717) is 56.9 Å². The van der Waals surface area contributed by atoms with Crippen molar-refractivity contribution in [1.29, 1.82) is 0 Å². The van der Waals surface area contributed by atoms with E-state index in [-0.39, 0.29) is 35.1 Å². The minimum Gasteiger partial charge on any atom is -0.378 e. The zero-order valence-electron chi connectivity index (χ0n) is 25.1. The molecule has 0 bridgehead atoms. The van der Waals surface area contributed by atoms with E-state index >= 15 is 0 Å². The number of carbonyl (C=O) groups is 3. The van der Waals surface area contributed by atoms with Crippen LogP contribution in [0.3, 0.4) is 0 Å². The fourth-order valence-corrected chi connectivity index (χ4v) is 7.02. The van der Waals surface area contributed by atoms with Crippen LogP contribution in [0.5, 0.6) is 0 Å². The lowest BCUT2D eigenvalue weighted by Gasteiger charge is -2.34. The predicted molar refractivity (Wildman–Crippen MR) is 158 cm³/mol. The van der Waals surface area contributed by atoms with Crippen molar-refractivity contribution in [1.82, 2.24) is 25.4 Å². The highest BCUT2D eigenvalue weighted by Crippen LogP contribution is 2.40. The second-order valence-electron chi connectivity index (χ2n) is 13.4. The van der Waals surface area contributed by atoms with Gasteiger partial charge in [0.15, 0.2) is 0 Å². The number of pyridine rings is 1. The number of rotatable bonds is 7. The van der Waals surface area contributed by atoms with Crippen molar-refractivity contribution in [3.8, 4) is 0 Å². The van der Waals surface area contributed by atoms with E-state index in [1.807, 2.05) is 37.8 Å².